The number of para-hydroxylation sites is 1. The normalized spacial score (nSPS) is 17.9. The van der Waals surface area contributed by atoms with Gasteiger partial charge < -0.3 is 10.6 Å². The summed E-state index contributed by atoms with van der Waals surface area (Å²) in [7, 11) is 0. The molecule has 0 bridgehead atoms. The maximum atomic E-state index is 9.19. The molecule has 0 radical (unpaired) electrons. The van der Waals surface area contributed by atoms with Crippen molar-refractivity contribution in [3.05, 3.63) is 40.9 Å². The van der Waals surface area contributed by atoms with Crippen LogP contribution in [0.5, 0.6) is 0 Å². The number of nitriles is 1. The van der Waals surface area contributed by atoms with Gasteiger partial charge in [0, 0.05) is 5.69 Å². The van der Waals surface area contributed by atoms with Crippen LogP contribution in [0.15, 0.2) is 40.9 Å². The maximum absolute atomic E-state index is 9.19. The maximum Gasteiger partial charge on any atom is 0.121 e. The Morgan fingerprint density at radius 3 is 2.61 bits per heavy atom. The van der Waals surface area contributed by atoms with Crippen molar-refractivity contribution in [3.63, 3.8) is 0 Å². The molecule has 2 N–H and O–H groups in total. The Labute approximate surface area is 116 Å². The van der Waals surface area contributed by atoms with E-state index < -0.39 is 0 Å². The molecule has 92 valence electrons. The molecule has 0 atom stereocenters. The van der Waals surface area contributed by atoms with E-state index in [0.29, 0.717) is 10.6 Å². The second-order valence-electron chi connectivity index (χ2n) is 4.37. The number of hydrogen-bond donors (Lipinski definition) is 2. The Morgan fingerprint density at radius 1 is 1.33 bits per heavy atom. The fourth-order valence-electron chi connectivity index (χ4n) is 1.61. The molecule has 0 unspecified atom stereocenters. The van der Waals surface area contributed by atoms with Crippen molar-refractivity contribution in [1.29, 1.82) is 5.26 Å². The van der Waals surface area contributed by atoms with E-state index in [0.717, 1.165) is 10.7 Å². The van der Waals surface area contributed by atoms with Gasteiger partial charge in [-0.2, -0.15) is 5.26 Å². The molecule has 1 aliphatic rings. The topological polar surface area (TPSA) is 47.9 Å². The minimum Gasteiger partial charge on any atom is -0.361 e. The highest BCUT2D eigenvalue weighted by atomic mass is 32.2. The number of thioether (sulfide) groups is 1. The molecule has 1 aliphatic heterocycles. The molecular weight excluding hydrogens is 262 g/mol. The third kappa shape index (κ3) is 2.84. The minimum atomic E-state index is -0.214. The van der Waals surface area contributed by atoms with Crippen molar-refractivity contribution in [2.75, 3.05) is 5.32 Å². The Bertz CT molecular complexity index is 541. The number of nitrogens with zero attached hydrogens (tertiary/aromatic N) is 1. The molecule has 5 heteroatoms. The van der Waals surface area contributed by atoms with Gasteiger partial charge in [-0.25, -0.2) is 0 Å². The first-order valence-corrected chi connectivity index (χ1v) is 6.72. The van der Waals surface area contributed by atoms with Gasteiger partial charge in [-0.15, -0.1) is 0 Å². The van der Waals surface area contributed by atoms with E-state index >= 15 is 0 Å². The number of anilines is 1. The molecule has 0 spiro atoms. The largest absolute Gasteiger partial charge is 0.361 e. The average Bonchev–Trinajstić information content (AvgIpc) is 2.28. The Kier molecular flexibility index (Phi) is 3.60. The van der Waals surface area contributed by atoms with Crippen molar-refractivity contribution in [3.8, 4) is 6.07 Å². The molecule has 0 saturated heterocycles. The summed E-state index contributed by atoms with van der Waals surface area (Å²) in [5, 5.41) is 16.4. The van der Waals surface area contributed by atoms with Crippen LogP contribution in [0.4, 0.5) is 5.69 Å². The second kappa shape index (κ2) is 5.01. The van der Waals surface area contributed by atoms with Gasteiger partial charge in [-0.3, -0.25) is 0 Å². The summed E-state index contributed by atoms with van der Waals surface area (Å²) >= 11 is 6.79. The smallest absolute Gasteiger partial charge is 0.121 e. The molecule has 0 saturated carbocycles. The Balaban J connectivity index is 2.34. The van der Waals surface area contributed by atoms with Crippen molar-refractivity contribution in [2.24, 2.45) is 0 Å². The SMILES string of the molecule is CC1(C)NC(=S)C(C#N)=C(Nc2ccccc2)S1. The van der Waals surface area contributed by atoms with Crippen LogP contribution in [0.2, 0.25) is 0 Å². The summed E-state index contributed by atoms with van der Waals surface area (Å²) < 4.78 is 0. The van der Waals surface area contributed by atoms with Crippen LogP contribution in [0.1, 0.15) is 13.8 Å². The van der Waals surface area contributed by atoms with Gasteiger partial charge in [0.2, 0.25) is 0 Å². The zero-order chi connectivity index (χ0) is 13.2. The van der Waals surface area contributed by atoms with Gasteiger partial charge in [0.25, 0.3) is 0 Å². The summed E-state index contributed by atoms with van der Waals surface area (Å²) in [6, 6.07) is 11.9. The third-order valence-corrected chi connectivity index (χ3v) is 3.80. The average molecular weight is 275 g/mol. The van der Waals surface area contributed by atoms with Crippen molar-refractivity contribution >= 4 is 34.7 Å². The molecule has 1 aromatic carbocycles. The molecule has 0 aliphatic carbocycles. The van der Waals surface area contributed by atoms with E-state index in [2.05, 4.69) is 16.7 Å². The predicted octanol–water partition coefficient (Wildman–Crippen LogP) is 3.23. The first kappa shape index (κ1) is 12.9. The van der Waals surface area contributed by atoms with Crippen LogP contribution in [-0.2, 0) is 0 Å². The molecule has 0 amide bonds. The monoisotopic (exact) mass is 275 g/mol. The fraction of sp³-hybridized carbons (Fsp3) is 0.231. The first-order chi connectivity index (χ1) is 8.52. The molecule has 0 aromatic heterocycles. The highest BCUT2D eigenvalue weighted by Crippen LogP contribution is 2.36. The van der Waals surface area contributed by atoms with Crippen LogP contribution < -0.4 is 10.6 Å². The minimum absolute atomic E-state index is 0.214. The predicted molar refractivity (Wildman–Crippen MR) is 80.1 cm³/mol. The molecule has 1 aromatic rings. The van der Waals surface area contributed by atoms with Crippen molar-refractivity contribution in [1.82, 2.24) is 5.32 Å². The van der Waals surface area contributed by atoms with E-state index in [-0.39, 0.29) is 4.87 Å². The van der Waals surface area contributed by atoms with E-state index in [1.54, 1.807) is 11.8 Å². The van der Waals surface area contributed by atoms with E-state index in [4.69, 9.17) is 12.2 Å². The summed E-state index contributed by atoms with van der Waals surface area (Å²) in [5.74, 6) is 0. The Morgan fingerprint density at radius 2 is 2.00 bits per heavy atom. The summed E-state index contributed by atoms with van der Waals surface area (Å²) in [6.45, 7) is 4.07. The van der Waals surface area contributed by atoms with Gasteiger partial charge >= 0.3 is 0 Å². The quantitative estimate of drug-likeness (QED) is 0.811. The van der Waals surface area contributed by atoms with Crippen LogP contribution in [0.25, 0.3) is 0 Å². The van der Waals surface area contributed by atoms with Crippen LogP contribution in [0.3, 0.4) is 0 Å². The number of thiocarbonyl (C=S) groups is 1. The lowest BCUT2D eigenvalue weighted by atomic mass is 10.2. The van der Waals surface area contributed by atoms with Crippen molar-refractivity contribution < 1.29 is 0 Å². The molecule has 0 fully saturated rings. The van der Waals surface area contributed by atoms with Gasteiger partial charge in [0.1, 0.15) is 16.6 Å². The number of rotatable bonds is 2. The fourth-order valence-corrected chi connectivity index (χ4v) is 3.23. The lowest BCUT2D eigenvalue weighted by Gasteiger charge is -2.33. The van der Waals surface area contributed by atoms with Gasteiger partial charge in [-0.05, 0) is 26.0 Å². The molecule has 2 rings (SSSR count). The Hall–Kier alpha value is -1.51. The van der Waals surface area contributed by atoms with Gasteiger partial charge in [0.05, 0.1) is 9.90 Å². The van der Waals surface area contributed by atoms with Gasteiger partial charge in [-0.1, -0.05) is 42.2 Å². The van der Waals surface area contributed by atoms with E-state index in [9.17, 15) is 5.26 Å². The summed E-state index contributed by atoms with van der Waals surface area (Å²) in [5.41, 5.74) is 1.45. The number of nitrogens with one attached hydrogen (secondary N) is 2. The zero-order valence-electron chi connectivity index (χ0n) is 10.2. The summed E-state index contributed by atoms with van der Waals surface area (Å²) in [4.78, 5) is 0.286. The molecule has 3 nitrogen and oxygen atoms in total. The van der Waals surface area contributed by atoms with E-state index in [1.165, 1.54) is 0 Å². The standard InChI is InChI=1S/C13H13N3S2/c1-13(2)16-11(17)10(8-14)12(18-13)15-9-6-4-3-5-7-9/h3-7,15H,1-2H3,(H,16,17). The highest BCUT2D eigenvalue weighted by molar-refractivity contribution is 8.04. The van der Waals surface area contributed by atoms with Crippen molar-refractivity contribution in [2.45, 2.75) is 18.7 Å². The highest BCUT2D eigenvalue weighted by Gasteiger charge is 2.30. The molecule has 18 heavy (non-hydrogen) atoms. The molecular formula is C13H13N3S2. The van der Waals surface area contributed by atoms with E-state index in [1.807, 2.05) is 44.2 Å². The van der Waals surface area contributed by atoms with Crippen LogP contribution >= 0.6 is 24.0 Å². The summed E-state index contributed by atoms with van der Waals surface area (Å²) in [6.07, 6.45) is 0. The molecule has 1 heterocycles. The first-order valence-electron chi connectivity index (χ1n) is 5.50. The lowest BCUT2D eigenvalue weighted by molar-refractivity contribution is 0.672. The van der Waals surface area contributed by atoms with Crippen LogP contribution in [0, 0.1) is 11.3 Å². The lowest BCUT2D eigenvalue weighted by Crippen LogP contribution is -2.44. The number of benzene rings is 1. The number of hydrogen-bond acceptors (Lipinski definition) is 4. The van der Waals surface area contributed by atoms with Gasteiger partial charge in [0.15, 0.2) is 0 Å². The van der Waals surface area contributed by atoms with Crippen LogP contribution in [-0.4, -0.2) is 9.86 Å². The zero-order valence-corrected chi connectivity index (χ0v) is 11.8. The third-order valence-electron chi connectivity index (χ3n) is 2.37. The second-order valence-corrected chi connectivity index (χ2v) is 6.41.